The summed E-state index contributed by atoms with van der Waals surface area (Å²) in [5.41, 5.74) is 2.41. The Bertz CT molecular complexity index is 598. The van der Waals surface area contributed by atoms with Crippen LogP contribution in [0.3, 0.4) is 0 Å². The first-order valence-corrected chi connectivity index (χ1v) is 8.30. The smallest absolute Gasteiger partial charge is 0.122 e. The third-order valence-corrected chi connectivity index (χ3v) is 3.70. The highest BCUT2D eigenvalue weighted by Crippen LogP contribution is 2.22. The number of rotatable bonds is 10. The lowest BCUT2D eigenvalue weighted by Gasteiger charge is -2.07. The molecule has 0 heterocycles. The molecule has 3 heteroatoms. The Morgan fingerprint density at radius 1 is 0.833 bits per heavy atom. The minimum Gasteiger partial charge on any atom is -0.497 e. The summed E-state index contributed by atoms with van der Waals surface area (Å²) in [6.07, 6.45) is 7.32. The average Bonchev–Trinajstić information content (AvgIpc) is 2.64. The van der Waals surface area contributed by atoms with Gasteiger partial charge >= 0.3 is 0 Å². The first-order chi connectivity index (χ1) is 11.8. The quantitative estimate of drug-likeness (QED) is 0.464. The Kier molecular flexibility index (Phi) is 7.91. The van der Waals surface area contributed by atoms with Crippen molar-refractivity contribution in [2.45, 2.75) is 25.9 Å². The minimum atomic E-state index is 0.689. The number of unbranched alkanes of at least 4 members (excludes halogenated alkanes) is 1. The maximum atomic E-state index is 5.68. The summed E-state index contributed by atoms with van der Waals surface area (Å²) in [6, 6.07) is 16.2. The zero-order valence-corrected chi connectivity index (χ0v) is 14.5. The van der Waals surface area contributed by atoms with Crippen LogP contribution in [-0.2, 0) is 17.8 Å². The summed E-state index contributed by atoms with van der Waals surface area (Å²) in [7, 11) is 3.34. The van der Waals surface area contributed by atoms with Gasteiger partial charge in [0.05, 0.1) is 20.8 Å². The molecule has 24 heavy (non-hydrogen) atoms. The van der Waals surface area contributed by atoms with Gasteiger partial charge in [0.1, 0.15) is 11.5 Å². The molecule has 0 bridgehead atoms. The first kappa shape index (κ1) is 18.1. The summed E-state index contributed by atoms with van der Waals surface area (Å²) in [6.45, 7) is 1.47. The predicted molar refractivity (Wildman–Crippen MR) is 97.7 cm³/mol. The van der Waals surface area contributed by atoms with Crippen LogP contribution >= 0.6 is 0 Å². The van der Waals surface area contributed by atoms with Crippen molar-refractivity contribution in [2.24, 2.45) is 0 Å². The van der Waals surface area contributed by atoms with Gasteiger partial charge in [0, 0.05) is 12.7 Å². The predicted octanol–water partition coefficient (Wildman–Crippen LogP) is 4.80. The van der Waals surface area contributed by atoms with Crippen molar-refractivity contribution in [2.75, 3.05) is 20.8 Å². The van der Waals surface area contributed by atoms with Gasteiger partial charge in [0.2, 0.25) is 0 Å². The third kappa shape index (κ3) is 6.47. The fourth-order valence-corrected chi connectivity index (χ4v) is 2.39. The van der Waals surface area contributed by atoms with E-state index < -0.39 is 0 Å². The van der Waals surface area contributed by atoms with E-state index in [1.807, 2.05) is 36.4 Å². The molecule has 2 aromatic carbocycles. The lowest BCUT2D eigenvalue weighted by Crippen LogP contribution is -1.94. The standard InChI is InChI=1S/C21H26O3/c1-22-20-14-19(15-21(16-20)23-2)12-6-3-4-9-13-24-17-18-10-7-5-8-11-18/h3,5-8,10-11,14-16H,4,9,12-13,17H2,1-2H3/b6-3+. The average molecular weight is 326 g/mol. The second-order valence-corrected chi connectivity index (χ2v) is 5.58. The molecule has 0 amide bonds. The van der Waals surface area contributed by atoms with E-state index in [9.17, 15) is 0 Å². The third-order valence-electron chi connectivity index (χ3n) is 3.70. The van der Waals surface area contributed by atoms with Gasteiger partial charge in [-0.3, -0.25) is 0 Å². The topological polar surface area (TPSA) is 27.7 Å². The van der Waals surface area contributed by atoms with E-state index in [1.165, 1.54) is 11.1 Å². The molecule has 0 aliphatic heterocycles. The van der Waals surface area contributed by atoms with Crippen molar-refractivity contribution in [3.8, 4) is 11.5 Å². The Morgan fingerprint density at radius 2 is 1.54 bits per heavy atom. The lowest BCUT2D eigenvalue weighted by atomic mass is 10.1. The summed E-state index contributed by atoms with van der Waals surface area (Å²) < 4.78 is 16.2. The summed E-state index contributed by atoms with van der Waals surface area (Å²) in [5.74, 6) is 1.65. The number of methoxy groups -OCH3 is 2. The van der Waals surface area contributed by atoms with Crippen molar-refractivity contribution in [1.29, 1.82) is 0 Å². The van der Waals surface area contributed by atoms with Crippen molar-refractivity contribution in [1.82, 2.24) is 0 Å². The van der Waals surface area contributed by atoms with E-state index >= 15 is 0 Å². The molecule has 0 aromatic heterocycles. The van der Waals surface area contributed by atoms with E-state index in [4.69, 9.17) is 14.2 Å². The Labute approximate surface area is 144 Å². The summed E-state index contributed by atoms with van der Waals surface area (Å²) in [5, 5.41) is 0. The second kappa shape index (κ2) is 10.5. The zero-order chi connectivity index (χ0) is 17.0. The molecule has 128 valence electrons. The van der Waals surface area contributed by atoms with Crippen LogP contribution in [0.4, 0.5) is 0 Å². The van der Waals surface area contributed by atoms with Gasteiger partial charge in [-0.2, -0.15) is 0 Å². The lowest BCUT2D eigenvalue weighted by molar-refractivity contribution is 0.119. The Morgan fingerprint density at radius 3 is 2.21 bits per heavy atom. The van der Waals surface area contributed by atoms with Crippen molar-refractivity contribution in [3.05, 3.63) is 71.8 Å². The van der Waals surface area contributed by atoms with Gasteiger partial charge in [-0.1, -0.05) is 42.5 Å². The van der Waals surface area contributed by atoms with Crippen molar-refractivity contribution < 1.29 is 14.2 Å². The molecular weight excluding hydrogens is 300 g/mol. The molecule has 0 saturated heterocycles. The van der Waals surface area contributed by atoms with Crippen LogP contribution in [0.2, 0.25) is 0 Å². The molecule has 3 nitrogen and oxygen atoms in total. The Balaban J connectivity index is 1.64. The molecule has 0 aliphatic carbocycles. The molecule has 0 spiro atoms. The van der Waals surface area contributed by atoms with Gasteiger partial charge < -0.3 is 14.2 Å². The van der Waals surface area contributed by atoms with Crippen LogP contribution in [-0.4, -0.2) is 20.8 Å². The summed E-state index contributed by atoms with van der Waals surface area (Å²) >= 11 is 0. The van der Waals surface area contributed by atoms with Crippen LogP contribution in [0.1, 0.15) is 24.0 Å². The highest BCUT2D eigenvalue weighted by molar-refractivity contribution is 5.39. The number of ether oxygens (including phenoxy) is 3. The van der Waals surface area contributed by atoms with Crippen LogP contribution in [0.15, 0.2) is 60.7 Å². The van der Waals surface area contributed by atoms with E-state index in [-0.39, 0.29) is 0 Å². The molecule has 0 atom stereocenters. The van der Waals surface area contributed by atoms with Gasteiger partial charge in [-0.25, -0.2) is 0 Å². The number of hydrogen-bond donors (Lipinski definition) is 0. The molecule has 2 rings (SSSR count). The van der Waals surface area contributed by atoms with Gasteiger partial charge in [-0.15, -0.1) is 0 Å². The zero-order valence-electron chi connectivity index (χ0n) is 14.5. The molecular formula is C21H26O3. The van der Waals surface area contributed by atoms with E-state index in [0.29, 0.717) is 6.61 Å². The number of hydrogen-bond acceptors (Lipinski definition) is 3. The fraction of sp³-hybridized carbons (Fsp3) is 0.333. The van der Waals surface area contributed by atoms with Crippen LogP contribution in [0.5, 0.6) is 11.5 Å². The minimum absolute atomic E-state index is 0.689. The summed E-state index contributed by atoms with van der Waals surface area (Å²) in [4.78, 5) is 0. The van der Waals surface area contributed by atoms with E-state index in [2.05, 4.69) is 24.3 Å². The van der Waals surface area contributed by atoms with Crippen LogP contribution in [0, 0.1) is 0 Å². The molecule has 0 N–H and O–H groups in total. The van der Waals surface area contributed by atoms with E-state index in [1.54, 1.807) is 14.2 Å². The maximum absolute atomic E-state index is 5.68. The molecule has 0 radical (unpaired) electrons. The SMILES string of the molecule is COc1cc(C/C=C/CCCOCc2ccccc2)cc(OC)c1. The van der Waals surface area contributed by atoms with Gasteiger partial charge in [0.15, 0.2) is 0 Å². The molecule has 2 aromatic rings. The van der Waals surface area contributed by atoms with Gasteiger partial charge in [-0.05, 0) is 42.5 Å². The normalized spacial score (nSPS) is 10.9. The monoisotopic (exact) mass is 326 g/mol. The Hall–Kier alpha value is -2.26. The maximum Gasteiger partial charge on any atom is 0.122 e. The highest BCUT2D eigenvalue weighted by Gasteiger charge is 2.00. The van der Waals surface area contributed by atoms with Crippen LogP contribution in [0.25, 0.3) is 0 Å². The molecule has 0 saturated carbocycles. The fourth-order valence-electron chi connectivity index (χ4n) is 2.39. The molecule has 0 unspecified atom stereocenters. The first-order valence-electron chi connectivity index (χ1n) is 8.30. The number of benzene rings is 2. The number of allylic oxidation sites excluding steroid dienone is 2. The largest absolute Gasteiger partial charge is 0.497 e. The van der Waals surface area contributed by atoms with Crippen LogP contribution < -0.4 is 9.47 Å². The van der Waals surface area contributed by atoms with Gasteiger partial charge in [0.25, 0.3) is 0 Å². The molecule has 0 aliphatic rings. The second-order valence-electron chi connectivity index (χ2n) is 5.58. The van der Waals surface area contributed by atoms with Crippen molar-refractivity contribution >= 4 is 0 Å². The van der Waals surface area contributed by atoms with E-state index in [0.717, 1.165) is 37.4 Å². The highest BCUT2D eigenvalue weighted by atomic mass is 16.5. The van der Waals surface area contributed by atoms with Crippen molar-refractivity contribution in [3.63, 3.8) is 0 Å². The molecule has 0 fully saturated rings.